The van der Waals surface area contributed by atoms with E-state index in [1.165, 1.54) is 12.1 Å². The molecule has 0 saturated carbocycles. The summed E-state index contributed by atoms with van der Waals surface area (Å²) >= 11 is 0. The molecule has 1 heterocycles. The van der Waals surface area contributed by atoms with E-state index in [1.54, 1.807) is 19.1 Å². The van der Waals surface area contributed by atoms with Crippen molar-refractivity contribution >= 4 is 0 Å². The lowest BCUT2D eigenvalue weighted by molar-refractivity contribution is 0.0796. The van der Waals surface area contributed by atoms with Crippen LogP contribution >= 0.6 is 0 Å². The predicted octanol–water partition coefficient (Wildman–Crippen LogP) is 3.10. The number of piperidine rings is 1. The van der Waals surface area contributed by atoms with E-state index in [2.05, 4.69) is 5.32 Å². The number of nitrogens with one attached hydrogen (secondary N) is 1. The molecule has 1 unspecified atom stereocenters. The Morgan fingerprint density at radius 1 is 1.24 bits per heavy atom. The first kappa shape index (κ1) is 12.5. The molecule has 0 aromatic heterocycles. The highest BCUT2D eigenvalue weighted by Gasteiger charge is 2.34. The van der Waals surface area contributed by atoms with Crippen LogP contribution in [0.5, 0.6) is 0 Å². The highest BCUT2D eigenvalue weighted by molar-refractivity contribution is 5.18. The Balaban J connectivity index is 2.02. The van der Waals surface area contributed by atoms with E-state index in [9.17, 15) is 8.78 Å². The minimum absolute atomic E-state index is 0.105. The monoisotopic (exact) mass is 239 g/mol. The quantitative estimate of drug-likeness (QED) is 0.854. The third-order valence-corrected chi connectivity index (χ3v) is 3.65. The van der Waals surface area contributed by atoms with Crippen molar-refractivity contribution < 1.29 is 8.78 Å². The molecular weight excluding hydrogens is 220 g/mol. The first-order valence-electron chi connectivity index (χ1n) is 6.22. The maximum atomic E-state index is 14.6. The lowest BCUT2D eigenvalue weighted by atomic mass is 9.80. The third-order valence-electron chi connectivity index (χ3n) is 3.65. The van der Waals surface area contributed by atoms with E-state index in [0.717, 1.165) is 31.5 Å². The SMILES string of the molecule is CC(F)(Cc1ccc(F)cc1)C1CCNCC1. The molecule has 0 aliphatic carbocycles. The molecule has 1 aromatic carbocycles. The first-order valence-corrected chi connectivity index (χ1v) is 6.22. The van der Waals surface area contributed by atoms with Gasteiger partial charge in [-0.15, -0.1) is 0 Å². The van der Waals surface area contributed by atoms with Gasteiger partial charge in [0.2, 0.25) is 0 Å². The Hall–Kier alpha value is -0.960. The number of hydrogen-bond donors (Lipinski definition) is 1. The molecule has 1 atom stereocenters. The van der Waals surface area contributed by atoms with Gasteiger partial charge in [0.25, 0.3) is 0 Å². The Morgan fingerprint density at radius 3 is 2.41 bits per heavy atom. The van der Waals surface area contributed by atoms with Crippen molar-refractivity contribution in [3.63, 3.8) is 0 Å². The van der Waals surface area contributed by atoms with Gasteiger partial charge in [-0.1, -0.05) is 12.1 Å². The van der Waals surface area contributed by atoms with Gasteiger partial charge in [0, 0.05) is 6.42 Å². The van der Waals surface area contributed by atoms with Crippen LogP contribution in [0.4, 0.5) is 8.78 Å². The van der Waals surface area contributed by atoms with Crippen molar-refractivity contribution in [1.82, 2.24) is 5.32 Å². The average molecular weight is 239 g/mol. The molecule has 1 N–H and O–H groups in total. The molecule has 94 valence electrons. The molecule has 1 fully saturated rings. The standard InChI is InChI=1S/C14H19F2N/c1-14(16,12-6-8-17-9-7-12)10-11-2-4-13(15)5-3-11/h2-5,12,17H,6-10H2,1H3. The number of rotatable bonds is 3. The zero-order valence-electron chi connectivity index (χ0n) is 10.2. The fourth-order valence-corrected chi connectivity index (χ4v) is 2.57. The molecule has 17 heavy (non-hydrogen) atoms. The maximum Gasteiger partial charge on any atom is 0.123 e. The van der Waals surface area contributed by atoms with Crippen LogP contribution in [0, 0.1) is 11.7 Å². The van der Waals surface area contributed by atoms with Crippen molar-refractivity contribution in [1.29, 1.82) is 0 Å². The minimum atomic E-state index is -1.19. The summed E-state index contributed by atoms with van der Waals surface area (Å²) in [5, 5.41) is 3.24. The van der Waals surface area contributed by atoms with Crippen LogP contribution in [-0.4, -0.2) is 18.8 Å². The fourth-order valence-electron chi connectivity index (χ4n) is 2.57. The van der Waals surface area contributed by atoms with Crippen LogP contribution in [-0.2, 0) is 6.42 Å². The van der Waals surface area contributed by atoms with Gasteiger partial charge >= 0.3 is 0 Å². The molecule has 0 bridgehead atoms. The number of alkyl halides is 1. The summed E-state index contributed by atoms with van der Waals surface area (Å²) in [6.07, 6.45) is 2.14. The van der Waals surface area contributed by atoms with Crippen LogP contribution in [0.1, 0.15) is 25.3 Å². The topological polar surface area (TPSA) is 12.0 Å². The predicted molar refractivity (Wildman–Crippen MR) is 65.2 cm³/mol. The van der Waals surface area contributed by atoms with E-state index in [1.807, 2.05) is 0 Å². The summed E-state index contributed by atoms with van der Waals surface area (Å²) in [6, 6.07) is 6.14. The van der Waals surface area contributed by atoms with E-state index in [4.69, 9.17) is 0 Å². The smallest absolute Gasteiger partial charge is 0.123 e. The summed E-state index contributed by atoms with van der Waals surface area (Å²) in [5.74, 6) is -0.162. The number of benzene rings is 1. The van der Waals surface area contributed by atoms with Crippen molar-refractivity contribution in [3.05, 3.63) is 35.6 Å². The van der Waals surface area contributed by atoms with E-state index < -0.39 is 5.67 Å². The summed E-state index contributed by atoms with van der Waals surface area (Å²) in [7, 11) is 0. The molecule has 3 heteroatoms. The van der Waals surface area contributed by atoms with Gasteiger partial charge < -0.3 is 5.32 Å². The molecule has 1 nitrogen and oxygen atoms in total. The molecule has 1 saturated heterocycles. The van der Waals surface area contributed by atoms with E-state index in [-0.39, 0.29) is 11.7 Å². The van der Waals surface area contributed by atoms with Gasteiger partial charge in [-0.25, -0.2) is 8.78 Å². The summed E-state index contributed by atoms with van der Waals surface area (Å²) in [6.45, 7) is 3.47. The largest absolute Gasteiger partial charge is 0.317 e. The Bertz CT molecular complexity index is 353. The number of halogens is 2. The molecule has 0 radical (unpaired) electrons. The lowest BCUT2D eigenvalue weighted by Gasteiger charge is -2.34. The van der Waals surface area contributed by atoms with Crippen molar-refractivity contribution in [2.24, 2.45) is 5.92 Å². The highest BCUT2D eigenvalue weighted by Crippen LogP contribution is 2.32. The third kappa shape index (κ3) is 3.25. The zero-order chi connectivity index (χ0) is 12.3. The Morgan fingerprint density at radius 2 is 1.82 bits per heavy atom. The van der Waals surface area contributed by atoms with E-state index >= 15 is 0 Å². The van der Waals surface area contributed by atoms with E-state index in [0.29, 0.717) is 6.42 Å². The van der Waals surface area contributed by atoms with Gasteiger partial charge in [0.05, 0.1) is 0 Å². The van der Waals surface area contributed by atoms with Gasteiger partial charge in [0.15, 0.2) is 0 Å². The first-order chi connectivity index (χ1) is 8.08. The Kier molecular flexibility index (Phi) is 3.77. The zero-order valence-corrected chi connectivity index (χ0v) is 10.2. The van der Waals surface area contributed by atoms with Crippen molar-refractivity contribution in [3.8, 4) is 0 Å². The van der Waals surface area contributed by atoms with Crippen LogP contribution in [0.15, 0.2) is 24.3 Å². The molecule has 0 amide bonds. The van der Waals surface area contributed by atoms with Gasteiger partial charge in [-0.2, -0.15) is 0 Å². The lowest BCUT2D eigenvalue weighted by Crippen LogP contribution is -2.40. The van der Waals surface area contributed by atoms with Crippen molar-refractivity contribution in [2.45, 2.75) is 31.9 Å². The fraction of sp³-hybridized carbons (Fsp3) is 0.571. The maximum absolute atomic E-state index is 14.6. The normalized spacial score (nSPS) is 21.1. The second-order valence-corrected chi connectivity index (χ2v) is 5.11. The van der Waals surface area contributed by atoms with Gasteiger partial charge in [0.1, 0.15) is 11.5 Å². The van der Waals surface area contributed by atoms with Crippen molar-refractivity contribution in [2.75, 3.05) is 13.1 Å². The summed E-state index contributed by atoms with van der Waals surface area (Å²) in [4.78, 5) is 0. The number of hydrogen-bond acceptors (Lipinski definition) is 1. The summed E-state index contributed by atoms with van der Waals surface area (Å²) in [5.41, 5.74) is -0.324. The molecule has 2 rings (SSSR count). The molecule has 0 spiro atoms. The van der Waals surface area contributed by atoms with Crippen LogP contribution < -0.4 is 5.32 Å². The molecule has 1 aromatic rings. The Labute approximate surface area is 101 Å². The molecule has 1 aliphatic rings. The second-order valence-electron chi connectivity index (χ2n) is 5.11. The van der Waals surface area contributed by atoms with Gasteiger partial charge in [-0.05, 0) is 56.5 Å². The van der Waals surface area contributed by atoms with Gasteiger partial charge in [-0.3, -0.25) is 0 Å². The minimum Gasteiger partial charge on any atom is -0.317 e. The van der Waals surface area contributed by atoms with Crippen LogP contribution in [0.2, 0.25) is 0 Å². The molecular formula is C14H19F2N. The highest BCUT2D eigenvalue weighted by atomic mass is 19.1. The second kappa shape index (κ2) is 5.13. The van der Waals surface area contributed by atoms with Crippen LogP contribution in [0.3, 0.4) is 0 Å². The average Bonchev–Trinajstić information content (AvgIpc) is 2.33. The summed E-state index contributed by atoms with van der Waals surface area (Å²) < 4.78 is 27.4. The van der Waals surface area contributed by atoms with Crippen LogP contribution in [0.25, 0.3) is 0 Å². The molecule has 1 aliphatic heterocycles.